The van der Waals surface area contributed by atoms with Crippen LogP contribution in [0.4, 0.5) is 0 Å². The number of sulfonamides is 1. The smallest absolute Gasteiger partial charge is 0.325 e. The second-order valence-corrected chi connectivity index (χ2v) is 6.58. The molecule has 0 aliphatic heterocycles. The first-order valence-electron chi connectivity index (χ1n) is 6.32. The van der Waals surface area contributed by atoms with Crippen LogP contribution >= 0.6 is 0 Å². The molecule has 0 saturated heterocycles. The van der Waals surface area contributed by atoms with Gasteiger partial charge in [0.25, 0.3) is 0 Å². The summed E-state index contributed by atoms with van der Waals surface area (Å²) in [6.07, 6.45) is 4.87. The highest BCUT2D eigenvalue weighted by atomic mass is 32.2. The zero-order valence-electron chi connectivity index (χ0n) is 10.8. The van der Waals surface area contributed by atoms with E-state index in [2.05, 4.69) is 5.10 Å². The van der Waals surface area contributed by atoms with Gasteiger partial charge in [0.05, 0.1) is 12.8 Å². The second-order valence-electron chi connectivity index (χ2n) is 4.69. The van der Waals surface area contributed by atoms with Crippen molar-refractivity contribution in [1.82, 2.24) is 14.1 Å². The predicted octanol–water partition coefficient (Wildman–Crippen LogP) is -0.497. The fourth-order valence-electron chi connectivity index (χ4n) is 2.11. The van der Waals surface area contributed by atoms with Crippen LogP contribution in [0.25, 0.3) is 0 Å². The number of carbonyl (C=O) groups is 1. The first kappa shape index (κ1) is 14.9. The van der Waals surface area contributed by atoms with Gasteiger partial charge < -0.3 is 10.2 Å². The number of carboxylic acids is 1. The number of hydrogen-bond acceptors (Lipinski definition) is 5. The first-order valence-corrected chi connectivity index (χ1v) is 7.76. The predicted molar refractivity (Wildman–Crippen MR) is 68.5 cm³/mol. The van der Waals surface area contributed by atoms with Gasteiger partial charge in [0.1, 0.15) is 11.4 Å². The number of carboxylic acid groups (broad SMARTS) is 1. The molecule has 0 radical (unpaired) electrons. The van der Waals surface area contributed by atoms with E-state index in [0.29, 0.717) is 0 Å². The van der Waals surface area contributed by atoms with Crippen molar-refractivity contribution in [1.29, 1.82) is 0 Å². The Balaban J connectivity index is 2.22. The summed E-state index contributed by atoms with van der Waals surface area (Å²) < 4.78 is 27.3. The second kappa shape index (κ2) is 5.90. The van der Waals surface area contributed by atoms with Gasteiger partial charge in [-0.25, -0.2) is 8.42 Å². The molecule has 112 valence electrons. The summed E-state index contributed by atoms with van der Waals surface area (Å²) in [4.78, 5) is 10.5. The van der Waals surface area contributed by atoms with Gasteiger partial charge in [-0.1, -0.05) is 6.42 Å². The Morgan fingerprint density at radius 3 is 2.70 bits per heavy atom. The molecule has 1 aliphatic carbocycles. The van der Waals surface area contributed by atoms with E-state index in [1.165, 1.54) is 10.5 Å². The zero-order chi connectivity index (χ0) is 14.8. The number of aliphatic hydroxyl groups excluding tert-OH is 1. The molecule has 0 atom stereocenters. The highest BCUT2D eigenvalue weighted by Crippen LogP contribution is 2.29. The van der Waals surface area contributed by atoms with Crippen LogP contribution in [0, 0.1) is 0 Å². The fraction of sp³-hybridized carbons (Fsp3) is 0.636. The topological polar surface area (TPSA) is 113 Å². The Kier molecular flexibility index (Phi) is 4.41. The van der Waals surface area contributed by atoms with Crippen molar-refractivity contribution in [2.45, 2.75) is 36.7 Å². The largest absolute Gasteiger partial charge is 0.480 e. The fourth-order valence-corrected chi connectivity index (χ4v) is 3.74. The van der Waals surface area contributed by atoms with Crippen molar-refractivity contribution >= 4 is 16.0 Å². The molecular formula is C11H17N3O5S. The highest BCUT2D eigenvalue weighted by Gasteiger charge is 2.35. The number of aliphatic carboxylic acids is 1. The molecule has 1 aliphatic rings. The average molecular weight is 303 g/mol. The summed E-state index contributed by atoms with van der Waals surface area (Å²) in [6.45, 7) is -0.602. The average Bonchev–Trinajstić information content (AvgIpc) is 2.74. The van der Waals surface area contributed by atoms with E-state index in [0.717, 1.165) is 30.1 Å². The van der Waals surface area contributed by atoms with Gasteiger partial charge in [-0.2, -0.15) is 9.40 Å². The maximum absolute atomic E-state index is 12.5. The SMILES string of the molecule is O=C(O)Cn1cc(S(=O)(=O)N(CCO)C2CCC2)cn1. The van der Waals surface area contributed by atoms with Crippen LogP contribution in [0.3, 0.4) is 0 Å². The van der Waals surface area contributed by atoms with E-state index in [9.17, 15) is 13.2 Å². The third kappa shape index (κ3) is 3.00. The molecule has 0 spiro atoms. The van der Waals surface area contributed by atoms with Crippen LogP contribution in [-0.4, -0.2) is 57.9 Å². The lowest BCUT2D eigenvalue weighted by atomic mass is 9.93. The number of hydrogen-bond donors (Lipinski definition) is 2. The molecule has 20 heavy (non-hydrogen) atoms. The molecule has 0 aromatic carbocycles. The summed E-state index contributed by atoms with van der Waals surface area (Å²) in [5, 5.41) is 21.4. The van der Waals surface area contributed by atoms with E-state index in [1.807, 2.05) is 0 Å². The maximum Gasteiger partial charge on any atom is 0.325 e. The van der Waals surface area contributed by atoms with Gasteiger partial charge in [0.15, 0.2) is 0 Å². The third-order valence-electron chi connectivity index (χ3n) is 3.32. The molecule has 1 fully saturated rings. The summed E-state index contributed by atoms with van der Waals surface area (Å²) in [7, 11) is -3.74. The van der Waals surface area contributed by atoms with Crippen molar-refractivity contribution in [2.24, 2.45) is 0 Å². The third-order valence-corrected chi connectivity index (χ3v) is 5.22. The summed E-state index contributed by atoms with van der Waals surface area (Å²) >= 11 is 0. The van der Waals surface area contributed by atoms with Gasteiger partial charge in [-0.05, 0) is 12.8 Å². The monoisotopic (exact) mass is 303 g/mol. The van der Waals surface area contributed by atoms with Crippen molar-refractivity contribution in [2.75, 3.05) is 13.2 Å². The number of aliphatic hydroxyl groups is 1. The Morgan fingerprint density at radius 2 is 2.20 bits per heavy atom. The van der Waals surface area contributed by atoms with Crippen LogP contribution in [0.1, 0.15) is 19.3 Å². The first-order chi connectivity index (χ1) is 9.45. The van der Waals surface area contributed by atoms with Crippen molar-refractivity contribution in [3.8, 4) is 0 Å². The summed E-state index contributed by atoms with van der Waals surface area (Å²) in [5.41, 5.74) is 0. The normalized spacial score (nSPS) is 16.3. The van der Waals surface area contributed by atoms with Gasteiger partial charge in [0, 0.05) is 18.8 Å². The minimum absolute atomic E-state index is 0.0388. The van der Waals surface area contributed by atoms with Gasteiger partial charge >= 0.3 is 5.97 Å². The van der Waals surface area contributed by atoms with Crippen LogP contribution in [0.2, 0.25) is 0 Å². The van der Waals surface area contributed by atoms with Gasteiger partial charge in [-0.3, -0.25) is 9.48 Å². The molecule has 2 N–H and O–H groups in total. The molecule has 0 bridgehead atoms. The highest BCUT2D eigenvalue weighted by molar-refractivity contribution is 7.89. The molecular weight excluding hydrogens is 286 g/mol. The molecule has 0 unspecified atom stereocenters. The standard InChI is InChI=1S/C11H17N3O5S/c15-5-4-14(9-2-1-3-9)20(18,19)10-6-12-13(7-10)8-11(16)17/h6-7,9,15H,1-5,8H2,(H,16,17). The molecule has 1 aromatic rings. The van der Waals surface area contributed by atoms with Crippen LogP contribution in [-0.2, 0) is 21.4 Å². The number of rotatable bonds is 7. The Labute approximate surface area is 116 Å². The summed E-state index contributed by atoms with van der Waals surface area (Å²) in [5.74, 6) is -1.09. The Morgan fingerprint density at radius 1 is 1.50 bits per heavy atom. The molecule has 9 heteroatoms. The minimum atomic E-state index is -3.74. The van der Waals surface area contributed by atoms with Gasteiger partial charge in [-0.15, -0.1) is 0 Å². The molecule has 1 saturated carbocycles. The van der Waals surface area contributed by atoms with Crippen molar-refractivity contribution in [3.05, 3.63) is 12.4 Å². The minimum Gasteiger partial charge on any atom is -0.480 e. The number of nitrogens with zero attached hydrogens (tertiary/aromatic N) is 3. The number of aromatic nitrogens is 2. The van der Waals surface area contributed by atoms with Crippen LogP contribution in [0.15, 0.2) is 17.3 Å². The van der Waals surface area contributed by atoms with E-state index in [4.69, 9.17) is 10.2 Å². The van der Waals surface area contributed by atoms with Gasteiger partial charge in [0.2, 0.25) is 10.0 Å². The lowest BCUT2D eigenvalue weighted by Crippen LogP contribution is -2.45. The lowest BCUT2D eigenvalue weighted by Gasteiger charge is -2.35. The molecule has 1 aromatic heterocycles. The van der Waals surface area contributed by atoms with E-state index in [-0.39, 0.29) is 30.6 Å². The molecule has 0 amide bonds. The van der Waals surface area contributed by atoms with Crippen molar-refractivity contribution < 1.29 is 23.4 Å². The summed E-state index contributed by atoms with van der Waals surface area (Å²) in [6, 6.07) is -0.0880. The Hall–Kier alpha value is -1.45. The molecule has 1 heterocycles. The van der Waals surface area contributed by atoms with E-state index in [1.54, 1.807) is 0 Å². The maximum atomic E-state index is 12.5. The van der Waals surface area contributed by atoms with E-state index >= 15 is 0 Å². The zero-order valence-corrected chi connectivity index (χ0v) is 11.7. The lowest BCUT2D eigenvalue weighted by molar-refractivity contribution is -0.137. The molecule has 2 rings (SSSR count). The molecule has 8 nitrogen and oxygen atoms in total. The van der Waals surface area contributed by atoms with E-state index < -0.39 is 16.0 Å². The Bertz CT molecular complexity index is 579. The van der Waals surface area contributed by atoms with Crippen LogP contribution in [0.5, 0.6) is 0 Å². The van der Waals surface area contributed by atoms with Crippen LogP contribution < -0.4 is 0 Å². The quantitative estimate of drug-likeness (QED) is 0.702. The van der Waals surface area contributed by atoms with Crippen molar-refractivity contribution in [3.63, 3.8) is 0 Å².